The van der Waals surface area contributed by atoms with E-state index in [1.54, 1.807) is 4.90 Å². The first-order valence-electron chi connectivity index (χ1n) is 8.47. The van der Waals surface area contributed by atoms with Gasteiger partial charge in [-0.1, -0.05) is 20.3 Å². The molecule has 124 valence electrons. The van der Waals surface area contributed by atoms with Crippen molar-refractivity contribution in [2.75, 3.05) is 19.6 Å². The summed E-state index contributed by atoms with van der Waals surface area (Å²) in [6, 6.07) is 0.572. The molecule has 1 N–H and O–H groups in total. The average Bonchev–Trinajstić information content (AvgIpc) is 3.23. The normalized spacial score (nSPS) is 30.9. The SMILES string of the molecule is CCNC1CCC(CC)CC1CN(CC(F)(F)F)C1CC1. The zero-order valence-electron chi connectivity index (χ0n) is 13.3. The topological polar surface area (TPSA) is 15.3 Å². The summed E-state index contributed by atoms with van der Waals surface area (Å²) < 4.78 is 38.3. The molecule has 0 aromatic carbocycles. The van der Waals surface area contributed by atoms with E-state index in [2.05, 4.69) is 19.2 Å². The molecule has 2 nitrogen and oxygen atoms in total. The van der Waals surface area contributed by atoms with Gasteiger partial charge in [-0.05, 0) is 50.5 Å². The van der Waals surface area contributed by atoms with Gasteiger partial charge in [0.2, 0.25) is 0 Å². The van der Waals surface area contributed by atoms with Crippen molar-refractivity contribution in [3.63, 3.8) is 0 Å². The third kappa shape index (κ3) is 5.44. The Morgan fingerprint density at radius 2 is 1.81 bits per heavy atom. The molecule has 0 aliphatic heterocycles. The number of alkyl halides is 3. The second kappa shape index (κ2) is 7.32. The lowest BCUT2D eigenvalue weighted by atomic mass is 9.76. The van der Waals surface area contributed by atoms with E-state index in [-0.39, 0.29) is 6.04 Å². The first-order chi connectivity index (χ1) is 9.93. The summed E-state index contributed by atoms with van der Waals surface area (Å²) in [5, 5.41) is 3.50. The number of rotatable bonds is 7. The molecular formula is C16H29F3N2. The van der Waals surface area contributed by atoms with Crippen molar-refractivity contribution >= 4 is 0 Å². The summed E-state index contributed by atoms with van der Waals surface area (Å²) in [5.74, 6) is 1.06. The lowest BCUT2D eigenvalue weighted by Crippen LogP contribution is -2.48. The molecule has 0 spiro atoms. The van der Waals surface area contributed by atoms with Gasteiger partial charge in [-0.15, -0.1) is 0 Å². The Morgan fingerprint density at radius 3 is 2.33 bits per heavy atom. The lowest BCUT2D eigenvalue weighted by Gasteiger charge is -2.39. The summed E-state index contributed by atoms with van der Waals surface area (Å²) in [5.41, 5.74) is 0. The smallest absolute Gasteiger partial charge is 0.314 e. The third-order valence-electron chi connectivity index (χ3n) is 5.05. The van der Waals surface area contributed by atoms with E-state index in [1.165, 1.54) is 6.42 Å². The zero-order valence-corrected chi connectivity index (χ0v) is 13.3. The van der Waals surface area contributed by atoms with Crippen molar-refractivity contribution in [3.05, 3.63) is 0 Å². The number of nitrogens with one attached hydrogen (secondary N) is 1. The maximum atomic E-state index is 12.8. The Hall–Kier alpha value is -0.290. The van der Waals surface area contributed by atoms with Crippen LogP contribution in [0.5, 0.6) is 0 Å². The highest BCUT2D eigenvalue weighted by Gasteiger charge is 2.40. The van der Waals surface area contributed by atoms with Gasteiger partial charge in [-0.3, -0.25) is 4.90 Å². The molecule has 0 aromatic heterocycles. The molecule has 2 saturated carbocycles. The molecule has 2 rings (SSSR count). The van der Waals surface area contributed by atoms with E-state index >= 15 is 0 Å². The maximum absolute atomic E-state index is 12.8. The first kappa shape index (κ1) is 17.1. The minimum Gasteiger partial charge on any atom is -0.314 e. The fraction of sp³-hybridized carbons (Fsp3) is 1.00. The molecule has 0 aromatic rings. The predicted molar refractivity (Wildman–Crippen MR) is 79.2 cm³/mol. The van der Waals surface area contributed by atoms with Crippen LogP contribution in [0, 0.1) is 11.8 Å². The Bertz CT molecular complexity index is 315. The summed E-state index contributed by atoms with van der Waals surface area (Å²) in [6.45, 7) is 5.06. The number of nitrogens with zero attached hydrogens (tertiary/aromatic N) is 1. The molecule has 21 heavy (non-hydrogen) atoms. The summed E-state index contributed by atoms with van der Waals surface area (Å²) in [4.78, 5) is 1.70. The van der Waals surface area contributed by atoms with Gasteiger partial charge in [0.1, 0.15) is 0 Å². The second-order valence-electron chi connectivity index (χ2n) is 6.79. The highest BCUT2D eigenvalue weighted by Crippen LogP contribution is 2.36. The molecule has 0 amide bonds. The molecule has 2 fully saturated rings. The van der Waals surface area contributed by atoms with Gasteiger partial charge in [0.05, 0.1) is 6.54 Å². The van der Waals surface area contributed by atoms with E-state index in [0.717, 1.165) is 38.6 Å². The molecule has 0 bridgehead atoms. The van der Waals surface area contributed by atoms with E-state index in [1.807, 2.05) is 0 Å². The van der Waals surface area contributed by atoms with E-state index in [9.17, 15) is 13.2 Å². The van der Waals surface area contributed by atoms with Crippen LogP contribution in [-0.4, -0.2) is 42.8 Å². The summed E-state index contributed by atoms with van der Waals surface area (Å²) in [6.07, 6.45) is 2.36. The van der Waals surface area contributed by atoms with E-state index < -0.39 is 12.7 Å². The van der Waals surface area contributed by atoms with Crippen LogP contribution >= 0.6 is 0 Å². The maximum Gasteiger partial charge on any atom is 0.401 e. The van der Waals surface area contributed by atoms with Crippen LogP contribution in [0.4, 0.5) is 13.2 Å². The van der Waals surface area contributed by atoms with Crippen molar-refractivity contribution in [1.29, 1.82) is 0 Å². The van der Waals surface area contributed by atoms with Crippen molar-refractivity contribution in [2.45, 2.75) is 70.6 Å². The third-order valence-corrected chi connectivity index (χ3v) is 5.05. The summed E-state index contributed by atoms with van der Waals surface area (Å²) >= 11 is 0. The molecule has 0 radical (unpaired) electrons. The van der Waals surface area contributed by atoms with Crippen LogP contribution in [0.3, 0.4) is 0 Å². The lowest BCUT2D eigenvalue weighted by molar-refractivity contribution is -0.149. The Balaban J connectivity index is 1.97. The van der Waals surface area contributed by atoms with Crippen LogP contribution in [-0.2, 0) is 0 Å². The fourth-order valence-corrected chi connectivity index (χ4v) is 3.78. The number of halogens is 3. The van der Waals surface area contributed by atoms with Crippen molar-refractivity contribution in [3.8, 4) is 0 Å². The molecule has 2 aliphatic rings. The van der Waals surface area contributed by atoms with Gasteiger partial charge >= 0.3 is 6.18 Å². The van der Waals surface area contributed by atoms with E-state index in [4.69, 9.17) is 0 Å². The largest absolute Gasteiger partial charge is 0.401 e. The average molecular weight is 306 g/mol. The Morgan fingerprint density at radius 1 is 1.10 bits per heavy atom. The highest BCUT2D eigenvalue weighted by molar-refractivity contribution is 4.91. The number of hydrogen-bond donors (Lipinski definition) is 1. The number of hydrogen-bond acceptors (Lipinski definition) is 2. The highest BCUT2D eigenvalue weighted by atomic mass is 19.4. The zero-order chi connectivity index (χ0) is 15.5. The van der Waals surface area contributed by atoms with Crippen LogP contribution < -0.4 is 5.32 Å². The van der Waals surface area contributed by atoms with Gasteiger partial charge in [0, 0.05) is 18.6 Å². The Kier molecular flexibility index (Phi) is 5.95. The molecule has 0 saturated heterocycles. The van der Waals surface area contributed by atoms with Crippen molar-refractivity contribution in [2.24, 2.45) is 11.8 Å². The predicted octanol–water partition coefficient (Wildman–Crippen LogP) is 3.82. The van der Waals surface area contributed by atoms with Crippen molar-refractivity contribution in [1.82, 2.24) is 10.2 Å². The van der Waals surface area contributed by atoms with E-state index in [0.29, 0.717) is 24.4 Å². The molecule has 2 aliphatic carbocycles. The molecule has 3 atom stereocenters. The standard InChI is InChI=1S/C16H29F3N2/c1-3-12-5-8-15(20-4-2)13(9-12)10-21(14-6-7-14)11-16(17,18)19/h12-15,20H,3-11H2,1-2H3. The fourth-order valence-electron chi connectivity index (χ4n) is 3.78. The first-order valence-corrected chi connectivity index (χ1v) is 8.47. The van der Waals surface area contributed by atoms with Crippen LogP contribution in [0.25, 0.3) is 0 Å². The quantitative estimate of drug-likeness (QED) is 0.769. The van der Waals surface area contributed by atoms with Gasteiger partial charge in [-0.2, -0.15) is 13.2 Å². The van der Waals surface area contributed by atoms with Gasteiger partial charge in [0.15, 0.2) is 0 Å². The van der Waals surface area contributed by atoms with Crippen LogP contribution in [0.15, 0.2) is 0 Å². The van der Waals surface area contributed by atoms with Gasteiger partial charge in [0.25, 0.3) is 0 Å². The van der Waals surface area contributed by atoms with Crippen LogP contribution in [0.1, 0.15) is 52.4 Å². The van der Waals surface area contributed by atoms with Crippen molar-refractivity contribution < 1.29 is 13.2 Å². The molecule has 3 unspecified atom stereocenters. The monoisotopic (exact) mass is 306 g/mol. The van der Waals surface area contributed by atoms with Gasteiger partial charge in [-0.25, -0.2) is 0 Å². The van der Waals surface area contributed by atoms with Gasteiger partial charge < -0.3 is 5.32 Å². The molecule has 5 heteroatoms. The van der Waals surface area contributed by atoms with Crippen LogP contribution in [0.2, 0.25) is 0 Å². The summed E-state index contributed by atoms with van der Waals surface area (Å²) in [7, 11) is 0. The molecule has 0 heterocycles. The Labute approximate surface area is 126 Å². The second-order valence-corrected chi connectivity index (χ2v) is 6.79. The molecular weight excluding hydrogens is 277 g/mol. The minimum atomic E-state index is -4.07. The minimum absolute atomic E-state index is 0.177.